The number of aliphatic hydroxyl groups is 1. The molecule has 0 radical (unpaired) electrons. The maximum Gasteiger partial charge on any atom is 0.189 e. The number of likely N-dealkylation sites (tertiary alicyclic amines) is 1. The van der Waals surface area contributed by atoms with Gasteiger partial charge in [0.05, 0.1) is 0 Å². The summed E-state index contributed by atoms with van der Waals surface area (Å²) in [4.78, 5) is 17.5. The lowest BCUT2D eigenvalue weighted by atomic mass is 10.0. The van der Waals surface area contributed by atoms with E-state index in [0.717, 1.165) is 18.8 Å². The molecule has 2 unspecified atom stereocenters. The number of fused-ring (bicyclic) bond motifs is 1. The number of nitrogens with two attached hydrogens (primary N) is 1. The molecule has 1 aliphatic rings. The highest BCUT2D eigenvalue weighted by Crippen LogP contribution is 2.20. The number of pyridine rings is 1. The normalized spacial score (nSPS) is 22.5. The van der Waals surface area contributed by atoms with Crippen LogP contribution in [-0.2, 0) is 6.54 Å². The standard InChI is InChI=1S/C16H20FN3O2/c17-11-1-2-15-13(5-11)16(22)6-12(19-15)8-20-7-10(3-4-21)14(18)9-20/h1-2,5-6,10,14,21H,3-4,7-9,18H2,(H,19,22). The van der Waals surface area contributed by atoms with Gasteiger partial charge < -0.3 is 15.8 Å². The molecule has 0 saturated carbocycles. The van der Waals surface area contributed by atoms with E-state index in [4.69, 9.17) is 10.8 Å². The van der Waals surface area contributed by atoms with Crippen molar-refractivity contribution in [3.63, 3.8) is 0 Å². The topological polar surface area (TPSA) is 82.3 Å². The van der Waals surface area contributed by atoms with Crippen LogP contribution < -0.4 is 11.2 Å². The van der Waals surface area contributed by atoms with E-state index in [1.54, 1.807) is 6.07 Å². The first-order valence-electron chi connectivity index (χ1n) is 7.47. The second-order valence-electron chi connectivity index (χ2n) is 5.98. The smallest absolute Gasteiger partial charge is 0.189 e. The summed E-state index contributed by atoms with van der Waals surface area (Å²) in [5, 5.41) is 9.41. The first-order valence-corrected chi connectivity index (χ1v) is 7.47. The second kappa shape index (κ2) is 6.16. The van der Waals surface area contributed by atoms with E-state index in [1.165, 1.54) is 18.2 Å². The van der Waals surface area contributed by atoms with Gasteiger partial charge in [-0.25, -0.2) is 4.39 Å². The number of rotatable bonds is 4. The van der Waals surface area contributed by atoms with Crippen LogP contribution in [0.2, 0.25) is 0 Å². The summed E-state index contributed by atoms with van der Waals surface area (Å²) in [5.41, 5.74) is 7.33. The van der Waals surface area contributed by atoms with E-state index in [-0.39, 0.29) is 24.0 Å². The lowest BCUT2D eigenvalue weighted by Gasteiger charge is -2.15. The largest absolute Gasteiger partial charge is 0.396 e. The first-order chi connectivity index (χ1) is 10.6. The third-order valence-corrected chi connectivity index (χ3v) is 4.31. The molecule has 0 spiro atoms. The van der Waals surface area contributed by atoms with Gasteiger partial charge in [0.25, 0.3) is 0 Å². The maximum atomic E-state index is 13.2. The fourth-order valence-corrected chi connectivity index (χ4v) is 3.19. The van der Waals surface area contributed by atoms with E-state index in [2.05, 4.69) is 9.88 Å². The highest BCUT2D eigenvalue weighted by Gasteiger charge is 2.29. The van der Waals surface area contributed by atoms with Crippen molar-refractivity contribution in [2.45, 2.75) is 19.0 Å². The first kappa shape index (κ1) is 15.1. The highest BCUT2D eigenvalue weighted by molar-refractivity contribution is 5.78. The maximum absolute atomic E-state index is 13.2. The molecule has 2 aromatic rings. The summed E-state index contributed by atoms with van der Waals surface area (Å²) in [6.07, 6.45) is 0.700. The summed E-state index contributed by atoms with van der Waals surface area (Å²) in [5.74, 6) is -0.130. The van der Waals surface area contributed by atoms with Gasteiger partial charge in [-0.05, 0) is 30.5 Å². The number of H-pyrrole nitrogens is 1. The molecule has 118 valence electrons. The number of benzene rings is 1. The number of aromatic nitrogens is 1. The third-order valence-electron chi connectivity index (χ3n) is 4.31. The Labute approximate surface area is 127 Å². The van der Waals surface area contributed by atoms with Gasteiger partial charge in [-0.3, -0.25) is 9.69 Å². The van der Waals surface area contributed by atoms with Crippen LogP contribution in [0.4, 0.5) is 4.39 Å². The van der Waals surface area contributed by atoms with Crippen LogP contribution in [0.1, 0.15) is 12.1 Å². The van der Waals surface area contributed by atoms with Crippen LogP contribution in [-0.4, -0.2) is 40.7 Å². The molecule has 2 heterocycles. The minimum absolute atomic E-state index is 0.0495. The third kappa shape index (κ3) is 3.04. The predicted octanol–water partition coefficient (Wildman–Crippen LogP) is 0.809. The molecule has 22 heavy (non-hydrogen) atoms. The van der Waals surface area contributed by atoms with E-state index >= 15 is 0 Å². The monoisotopic (exact) mass is 305 g/mol. The van der Waals surface area contributed by atoms with Crippen molar-refractivity contribution < 1.29 is 9.50 Å². The van der Waals surface area contributed by atoms with Crippen LogP contribution in [0.25, 0.3) is 10.9 Å². The Kier molecular flexibility index (Phi) is 4.24. The van der Waals surface area contributed by atoms with Gasteiger partial charge in [-0.1, -0.05) is 0 Å². The number of hydrogen-bond acceptors (Lipinski definition) is 4. The van der Waals surface area contributed by atoms with Crippen molar-refractivity contribution in [2.24, 2.45) is 11.7 Å². The average molecular weight is 305 g/mol. The quantitative estimate of drug-likeness (QED) is 0.780. The molecular formula is C16H20FN3O2. The molecular weight excluding hydrogens is 285 g/mol. The molecule has 1 aliphatic heterocycles. The molecule has 1 saturated heterocycles. The Morgan fingerprint density at radius 1 is 1.36 bits per heavy atom. The Hall–Kier alpha value is -1.76. The summed E-state index contributed by atoms with van der Waals surface area (Å²) < 4.78 is 13.2. The van der Waals surface area contributed by atoms with Gasteiger partial charge in [0.2, 0.25) is 0 Å². The number of aromatic amines is 1. The zero-order valence-corrected chi connectivity index (χ0v) is 12.3. The summed E-state index contributed by atoms with van der Waals surface area (Å²) >= 11 is 0. The van der Waals surface area contributed by atoms with Gasteiger partial charge in [-0.15, -0.1) is 0 Å². The second-order valence-corrected chi connectivity index (χ2v) is 5.98. The summed E-state index contributed by atoms with van der Waals surface area (Å²) in [6, 6.07) is 5.74. The number of halogens is 1. The van der Waals surface area contributed by atoms with Crippen LogP contribution in [0.15, 0.2) is 29.1 Å². The Morgan fingerprint density at radius 3 is 2.95 bits per heavy atom. The van der Waals surface area contributed by atoms with Crippen molar-refractivity contribution in [1.29, 1.82) is 0 Å². The summed E-state index contributed by atoms with van der Waals surface area (Å²) in [7, 11) is 0. The highest BCUT2D eigenvalue weighted by atomic mass is 19.1. The van der Waals surface area contributed by atoms with Crippen molar-refractivity contribution >= 4 is 10.9 Å². The van der Waals surface area contributed by atoms with E-state index in [1.807, 2.05) is 0 Å². The zero-order chi connectivity index (χ0) is 15.7. The zero-order valence-electron chi connectivity index (χ0n) is 12.3. The molecule has 1 aromatic heterocycles. The van der Waals surface area contributed by atoms with Crippen LogP contribution in [0, 0.1) is 11.7 Å². The predicted molar refractivity (Wildman–Crippen MR) is 83.0 cm³/mol. The fraction of sp³-hybridized carbons (Fsp3) is 0.438. The molecule has 0 amide bonds. The number of nitrogens with one attached hydrogen (secondary N) is 1. The molecule has 6 heteroatoms. The Balaban J connectivity index is 1.80. The van der Waals surface area contributed by atoms with E-state index < -0.39 is 5.82 Å². The number of hydrogen-bond donors (Lipinski definition) is 3. The molecule has 0 aliphatic carbocycles. The minimum atomic E-state index is -0.414. The van der Waals surface area contributed by atoms with Crippen molar-refractivity contribution in [1.82, 2.24) is 9.88 Å². The fourth-order valence-electron chi connectivity index (χ4n) is 3.19. The average Bonchev–Trinajstić information content (AvgIpc) is 2.80. The van der Waals surface area contributed by atoms with Gasteiger partial charge in [-0.2, -0.15) is 0 Å². The molecule has 3 rings (SSSR count). The Bertz CT molecular complexity index is 731. The molecule has 4 N–H and O–H groups in total. The van der Waals surface area contributed by atoms with Crippen molar-refractivity contribution in [2.75, 3.05) is 19.7 Å². The summed E-state index contributed by atoms with van der Waals surface area (Å²) in [6.45, 7) is 2.29. The van der Waals surface area contributed by atoms with Gasteiger partial charge in [0.1, 0.15) is 5.82 Å². The Morgan fingerprint density at radius 2 is 2.18 bits per heavy atom. The number of nitrogens with zero attached hydrogens (tertiary/aromatic N) is 1. The molecule has 1 fully saturated rings. The lowest BCUT2D eigenvalue weighted by Crippen LogP contribution is -2.30. The van der Waals surface area contributed by atoms with Crippen LogP contribution in [0.5, 0.6) is 0 Å². The van der Waals surface area contributed by atoms with Gasteiger partial charge >= 0.3 is 0 Å². The molecule has 2 atom stereocenters. The molecule has 5 nitrogen and oxygen atoms in total. The van der Waals surface area contributed by atoms with Gasteiger partial charge in [0.15, 0.2) is 5.43 Å². The van der Waals surface area contributed by atoms with Crippen LogP contribution in [0.3, 0.4) is 0 Å². The van der Waals surface area contributed by atoms with Crippen molar-refractivity contribution in [3.05, 3.63) is 46.0 Å². The minimum Gasteiger partial charge on any atom is -0.396 e. The molecule has 0 bridgehead atoms. The van der Waals surface area contributed by atoms with E-state index in [9.17, 15) is 9.18 Å². The molecule has 1 aromatic carbocycles. The van der Waals surface area contributed by atoms with Crippen LogP contribution >= 0.6 is 0 Å². The van der Waals surface area contributed by atoms with Gasteiger partial charge in [0, 0.05) is 54.9 Å². The van der Waals surface area contributed by atoms with Crippen molar-refractivity contribution in [3.8, 4) is 0 Å². The van der Waals surface area contributed by atoms with E-state index in [0.29, 0.717) is 23.9 Å². The number of aliphatic hydroxyl groups excluding tert-OH is 1. The SMILES string of the molecule is NC1CN(Cc2cc(=O)c3cc(F)ccc3[nH]2)CC1CCO. The lowest BCUT2D eigenvalue weighted by molar-refractivity contribution is 0.246.